The van der Waals surface area contributed by atoms with Crippen LogP contribution in [0.1, 0.15) is 21.5 Å². The molecule has 112 valence electrons. The Balaban J connectivity index is 1.93. The molecule has 0 atom stereocenters. The summed E-state index contributed by atoms with van der Waals surface area (Å²) in [5.74, 6) is -0.906. The van der Waals surface area contributed by atoms with Crippen molar-refractivity contribution in [3.63, 3.8) is 0 Å². The Hall–Kier alpha value is -2.82. The monoisotopic (exact) mass is 295 g/mol. The molecule has 0 radical (unpaired) electrons. The van der Waals surface area contributed by atoms with Crippen LogP contribution in [0.2, 0.25) is 0 Å². The zero-order valence-electron chi connectivity index (χ0n) is 12.5. The van der Waals surface area contributed by atoms with Crippen molar-refractivity contribution in [2.45, 2.75) is 13.5 Å². The SMILES string of the molecule is Cc1c(C(=O)O)cn(C)c1-c1cnn(Cc2ccccc2)c1. The molecule has 0 amide bonds. The molecule has 0 saturated heterocycles. The van der Waals surface area contributed by atoms with E-state index in [2.05, 4.69) is 17.2 Å². The summed E-state index contributed by atoms with van der Waals surface area (Å²) in [6.07, 6.45) is 5.36. The van der Waals surface area contributed by atoms with Crippen LogP contribution in [0.4, 0.5) is 0 Å². The number of carboxylic acid groups (broad SMARTS) is 1. The topological polar surface area (TPSA) is 60.0 Å². The van der Waals surface area contributed by atoms with Crippen molar-refractivity contribution in [1.82, 2.24) is 14.3 Å². The fourth-order valence-corrected chi connectivity index (χ4v) is 2.73. The number of carbonyl (C=O) groups is 1. The van der Waals surface area contributed by atoms with Gasteiger partial charge < -0.3 is 9.67 Å². The van der Waals surface area contributed by atoms with Gasteiger partial charge in [-0.15, -0.1) is 0 Å². The first-order chi connectivity index (χ1) is 10.6. The first-order valence-corrected chi connectivity index (χ1v) is 7.02. The molecule has 5 heteroatoms. The van der Waals surface area contributed by atoms with Crippen molar-refractivity contribution in [3.8, 4) is 11.3 Å². The average molecular weight is 295 g/mol. The van der Waals surface area contributed by atoms with Gasteiger partial charge in [-0.2, -0.15) is 5.10 Å². The molecule has 2 aromatic heterocycles. The summed E-state index contributed by atoms with van der Waals surface area (Å²) in [6.45, 7) is 2.52. The molecule has 5 nitrogen and oxygen atoms in total. The molecule has 22 heavy (non-hydrogen) atoms. The van der Waals surface area contributed by atoms with Gasteiger partial charge in [0.2, 0.25) is 0 Å². The van der Waals surface area contributed by atoms with E-state index in [1.807, 2.05) is 47.6 Å². The number of hydrogen-bond donors (Lipinski definition) is 1. The van der Waals surface area contributed by atoms with Crippen LogP contribution < -0.4 is 0 Å². The van der Waals surface area contributed by atoms with Gasteiger partial charge >= 0.3 is 5.97 Å². The average Bonchev–Trinajstić information content (AvgIpc) is 3.04. The molecule has 0 saturated carbocycles. The van der Waals surface area contributed by atoms with Gasteiger partial charge in [0.25, 0.3) is 0 Å². The molecule has 0 aliphatic heterocycles. The summed E-state index contributed by atoms with van der Waals surface area (Å²) in [6, 6.07) is 10.1. The third-order valence-electron chi connectivity index (χ3n) is 3.76. The summed E-state index contributed by atoms with van der Waals surface area (Å²) in [5.41, 5.74) is 4.06. The van der Waals surface area contributed by atoms with Gasteiger partial charge in [0, 0.05) is 25.0 Å². The number of rotatable bonds is 4. The van der Waals surface area contributed by atoms with Crippen LogP contribution in [0.15, 0.2) is 48.9 Å². The van der Waals surface area contributed by atoms with E-state index in [1.54, 1.807) is 12.4 Å². The number of benzene rings is 1. The molecule has 0 unspecified atom stereocenters. The Morgan fingerprint density at radius 1 is 1.23 bits per heavy atom. The highest BCUT2D eigenvalue weighted by atomic mass is 16.4. The highest BCUT2D eigenvalue weighted by molar-refractivity contribution is 5.91. The van der Waals surface area contributed by atoms with E-state index in [9.17, 15) is 9.90 Å². The number of carboxylic acids is 1. The lowest BCUT2D eigenvalue weighted by atomic mass is 10.1. The number of hydrogen-bond acceptors (Lipinski definition) is 2. The van der Waals surface area contributed by atoms with Crippen molar-refractivity contribution >= 4 is 5.97 Å². The Morgan fingerprint density at radius 2 is 1.95 bits per heavy atom. The molecular formula is C17H17N3O2. The minimum Gasteiger partial charge on any atom is -0.478 e. The van der Waals surface area contributed by atoms with E-state index in [1.165, 1.54) is 5.56 Å². The van der Waals surface area contributed by atoms with Gasteiger partial charge in [-0.3, -0.25) is 4.68 Å². The third-order valence-corrected chi connectivity index (χ3v) is 3.76. The first kappa shape index (κ1) is 14.1. The van der Waals surface area contributed by atoms with Gasteiger partial charge in [0.15, 0.2) is 0 Å². The summed E-state index contributed by atoms with van der Waals surface area (Å²) < 4.78 is 3.69. The molecule has 0 aliphatic rings. The maximum atomic E-state index is 11.2. The Morgan fingerprint density at radius 3 is 2.59 bits per heavy atom. The van der Waals surface area contributed by atoms with Gasteiger partial charge in [-0.05, 0) is 18.1 Å². The van der Waals surface area contributed by atoms with E-state index in [-0.39, 0.29) is 0 Å². The van der Waals surface area contributed by atoms with Crippen LogP contribution in [0.25, 0.3) is 11.3 Å². The van der Waals surface area contributed by atoms with Crippen LogP contribution in [0.5, 0.6) is 0 Å². The second-order valence-electron chi connectivity index (χ2n) is 5.34. The lowest BCUT2D eigenvalue weighted by molar-refractivity contribution is 0.0696. The maximum Gasteiger partial charge on any atom is 0.337 e. The van der Waals surface area contributed by atoms with Crippen LogP contribution in [-0.4, -0.2) is 25.4 Å². The van der Waals surface area contributed by atoms with Gasteiger partial charge in [-0.25, -0.2) is 4.79 Å². The lowest BCUT2D eigenvalue weighted by Crippen LogP contribution is -1.99. The largest absolute Gasteiger partial charge is 0.478 e. The highest BCUT2D eigenvalue weighted by Gasteiger charge is 2.17. The van der Waals surface area contributed by atoms with E-state index in [0.717, 1.165) is 16.8 Å². The standard InChI is InChI=1S/C17H17N3O2/c1-12-15(17(21)22)11-19(2)16(12)14-8-18-20(10-14)9-13-6-4-3-5-7-13/h3-8,10-11H,9H2,1-2H3,(H,21,22). The fourth-order valence-electron chi connectivity index (χ4n) is 2.73. The maximum absolute atomic E-state index is 11.2. The van der Waals surface area contributed by atoms with Crippen molar-refractivity contribution in [3.05, 3.63) is 65.6 Å². The van der Waals surface area contributed by atoms with E-state index in [4.69, 9.17) is 0 Å². The highest BCUT2D eigenvalue weighted by Crippen LogP contribution is 2.27. The zero-order valence-corrected chi connectivity index (χ0v) is 12.5. The first-order valence-electron chi connectivity index (χ1n) is 7.02. The Kier molecular flexibility index (Phi) is 3.55. The minimum atomic E-state index is -0.906. The summed E-state index contributed by atoms with van der Waals surface area (Å²) in [4.78, 5) is 11.2. The molecule has 0 fully saturated rings. The quantitative estimate of drug-likeness (QED) is 0.805. The van der Waals surface area contributed by atoms with E-state index < -0.39 is 5.97 Å². The number of nitrogens with zero attached hydrogens (tertiary/aromatic N) is 3. The number of aromatic nitrogens is 3. The fraction of sp³-hybridized carbons (Fsp3) is 0.176. The Bertz CT molecular complexity index is 816. The van der Waals surface area contributed by atoms with Gasteiger partial charge in [-0.1, -0.05) is 30.3 Å². The summed E-state index contributed by atoms with van der Waals surface area (Å²) in [5, 5.41) is 13.6. The third kappa shape index (κ3) is 2.53. The molecule has 1 aromatic carbocycles. The normalized spacial score (nSPS) is 10.8. The molecule has 2 heterocycles. The van der Waals surface area contributed by atoms with Gasteiger partial charge in [0.05, 0.1) is 24.0 Å². The van der Waals surface area contributed by atoms with E-state index >= 15 is 0 Å². The van der Waals surface area contributed by atoms with Crippen LogP contribution in [-0.2, 0) is 13.6 Å². The van der Waals surface area contributed by atoms with Crippen LogP contribution in [0, 0.1) is 6.92 Å². The van der Waals surface area contributed by atoms with Crippen LogP contribution in [0.3, 0.4) is 0 Å². The summed E-state index contributed by atoms with van der Waals surface area (Å²) in [7, 11) is 1.85. The Labute approximate surface area is 128 Å². The number of aryl methyl sites for hydroxylation is 1. The van der Waals surface area contributed by atoms with Crippen LogP contribution >= 0.6 is 0 Å². The van der Waals surface area contributed by atoms with Crippen molar-refractivity contribution < 1.29 is 9.90 Å². The molecule has 3 aromatic rings. The lowest BCUT2D eigenvalue weighted by Gasteiger charge is -2.03. The van der Waals surface area contributed by atoms with Crippen molar-refractivity contribution in [2.24, 2.45) is 7.05 Å². The molecule has 0 bridgehead atoms. The second-order valence-corrected chi connectivity index (χ2v) is 5.34. The predicted molar refractivity (Wildman–Crippen MR) is 83.9 cm³/mol. The van der Waals surface area contributed by atoms with Gasteiger partial charge in [0.1, 0.15) is 0 Å². The van der Waals surface area contributed by atoms with Crippen molar-refractivity contribution in [2.75, 3.05) is 0 Å². The number of aromatic carboxylic acids is 1. The minimum absolute atomic E-state index is 0.327. The molecule has 0 aliphatic carbocycles. The predicted octanol–water partition coefficient (Wildman–Crippen LogP) is 2.94. The smallest absolute Gasteiger partial charge is 0.337 e. The summed E-state index contributed by atoms with van der Waals surface area (Å²) >= 11 is 0. The molecule has 0 spiro atoms. The molecular weight excluding hydrogens is 278 g/mol. The zero-order chi connectivity index (χ0) is 15.7. The van der Waals surface area contributed by atoms with E-state index in [0.29, 0.717) is 12.1 Å². The van der Waals surface area contributed by atoms with Crippen molar-refractivity contribution in [1.29, 1.82) is 0 Å². The molecule has 3 rings (SSSR count). The molecule has 1 N–H and O–H groups in total. The second kappa shape index (κ2) is 5.52.